The standard InChI is InChI=1S/C13H14F3N3/c1-17-6-10-2-4-11(5-3-10)8-19-9-12(7-18-19)13(14,15)16/h2-5,7,9,17H,6,8H2,1H3. The SMILES string of the molecule is CNCc1ccc(Cn2cc(C(F)(F)F)cn2)cc1. The topological polar surface area (TPSA) is 29.9 Å². The largest absolute Gasteiger partial charge is 0.419 e. The lowest BCUT2D eigenvalue weighted by atomic mass is 10.1. The van der Waals surface area contributed by atoms with Gasteiger partial charge in [-0.1, -0.05) is 24.3 Å². The normalized spacial score (nSPS) is 11.8. The average molecular weight is 269 g/mol. The van der Waals surface area contributed by atoms with E-state index < -0.39 is 11.7 Å². The van der Waals surface area contributed by atoms with Crippen molar-refractivity contribution < 1.29 is 13.2 Å². The molecule has 6 heteroatoms. The summed E-state index contributed by atoms with van der Waals surface area (Å²) >= 11 is 0. The van der Waals surface area contributed by atoms with Gasteiger partial charge < -0.3 is 5.32 Å². The highest BCUT2D eigenvalue weighted by Gasteiger charge is 2.32. The molecule has 0 spiro atoms. The van der Waals surface area contributed by atoms with Gasteiger partial charge in [-0.15, -0.1) is 0 Å². The van der Waals surface area contributed by atoms with Crippen LogP contribution in [0, 0.1) is 0 Å². The molecule has 102 valence electrons. The summed E-state index contributed by atoms with van der Waals surface area (Å²) < 4.78 is 38.5. The lowest BCUT2D eigenvalue weighted by molar-refractivity contribution is -0.137. The Labute approximate surface area is 109 Å². The number of hydrogen-bond acceptors (Lipinski definition) is 2. The zero-order valence-electron chi connectivity index (χ0n) is 10.4. The maximum atomic E-state index is 12.4. The van der Waals surface area contributed by atoms with Gasteiger partial charge in [0.25, 0.3) is 0 Å². The van der Waals surface area contributed by atoms with Gasteiger partial charge in [0.15, 0.2) is 0 Å². The molecule has 0 atom stereocenters. The first-order valence-corrected chi connectivity index (χ1v) is 5.81. The van der Waals surface area contributed by atoms with Crippen molar-refractivity contribution in [1.82, 2.24) is 15.1 Å². The Bertz CT molecular complexity index is 529. The molecule has 3 nitrogen and oxygen atoms in total. The molecule has 0 radical (unpaired) electrons. The number of aromatic nitrogens is 2. The van der Waals surface area contributed by atoms with Crippen molar-refractivity contribution in [3.63, 3.8) is 0 Å². The van der Waals surface area contributed by atoms with Crippen molar-refractivity contribution in [3.05, 3.63) is 53.3 Å². The third-order valence-electron chi connectivity index (χ3n) is 2.71. The Kier molecular flexibility index (Phi) is 3.90. The fraction of sp³-hybridized carbons (Fsp3) is 0.308. The van der Waals surface area contributed by atoms with Gasteiger partial charge in [0.2, 0.25) is 0 Å². The van der Waals surface area contributed by atoms with Crippen molar-refractivity contribution >= 4 is 0 Å². The molecule has 2 rings (SSSR count). The Hall–Kier alpha value is -1.82. The predicted octanol–water partition coefficient (Wildman–Crippen LogP) is 2.67. The third kappa shape index (κ3) is 3.57. The number of nitrogens with zero attached hydrogens (tertiary/aromatic N) is 2. The van der Waals surface area contributed by atoms with Crippen LogP contribution < -0.4 is 5.32 Å². The lowest BCUT2D eigenvalue weighted by Gasteiger charge is -2.04. The van der Waals surface area contributed by atoms with Crippen LogP contribution in [0.15, 0.2) is 36.7 Å². The molecular weight excluding hydrogens is 255 g/mol. The predicted molar refractivity (Wildman–Crippen MR) is 65.5 cm³/mol. The number of alkyl halides is 3. The van der Waals surface area contributed by atoms with Crippen LogP contribution in [0.1, 0.15) is 16.7 Å². The summed E-state index contributed by atoms with van der Waals surface area (Å²) in [5.74, 6) is 0. The summed E-state index contributed by atoms with van der Waals surface area (Å²) in [5.41, 5.74) is 1.32. The van der Waals surface area contributed by atoms with E-state index in [-0.39, 0.29) is 0 Å². The van der Waals surface area contributed by atoms with Gasteiger partial charge in [-0.2, -0.15) is 18.3 Å². The highest BCUT2D eigenvalue weighted by atomic mass is 19.4. The molecule has 0 aliphatic rings. The fourth-order valence-corrected chi connectivity index (χ4v) is 1.75. The lowest BCUT2D eigenvalue weighted by Crippen LogP contribution is -2.06. The molecule has 0 saturated carbocycles. The molecule has 1 aromatic heterocycles. The van der Waals surface area contributed by atoms with Gasteiger partial charge in [-0.05, 0) is 18.2 Å². The van der Waals surface area contributed by atoms with E-state index in [1.807, 2.05) is 31.3 Å². The minimum absolute atomic E-state index is 0.329. The van der Waals surface area contributed by atoms with E-state index >= 15 is 0 Å². The van der Waals surface area contributed by atoms with Crippen molar-refractivity contribution in [1.29, 1.82) is 0 Å². The van der Waals surface area contributed by atoms with Gasteiger partial charge in [0.05, 0.1) is 18.3 Å². The molecular formula is C13H14F3N3. The van der Waals surface area contributed by atoms with E-state index in [1.165, 1.54) is 4.68 Å². The average Bonchev–Trinajstić information content (AvgIpc) is 2.80. The highest BCUT2D eigenvalue weighted by molar-refractivity contribution is 5.23. The van der Waals surface area contributed by atoms with E-state index in [0.717, 1.165) is 30.1 Å². The van der Waals surface area contributed by atoms with Gasteiger partial charge in [0.1, 0.15) is 0 Å². The van der Waals surface area contributed by atoms with E-state index in [0.29, 0.717) is 6.54 Å². The maximum absolute atomic E-state index is 12.4. The van der Waals surface area contributed by atoms with E-state index in [9.17, 15) is 13.2 Å². The van der Waals surface area contributed by atoms with Crippen LogP contribution in [0.25, 0.3) is 0 Å². The quantitative estimate of drug-likeness (QED) is 0.924. The number of halogens is 3. The van der Waals surface area contributed by atoms with Crippen LogP contribution in [0.4, 0.5) is 13.2 Å². The molecule has 0 aliphatic carbocycles. The molecule has 0 saturated heterocycles. The zero-order valence-corrected chi connectivity index (χ0v) is 10.4. The van der Waals surface area contributed by atoms with E-state index in [1.54, 1.807) is 0 Å². The van der Waals surface area contributed by atoms with Crippen molar-refractivity contribution in [2.75, 3.05) is 7.05 Å². The van der Waals surface area contributed by atoms with Gasteiger partial charge in [-0.3, -0.25) is 4.68 Å². The highest BCUT2D eigenvalue weighted by Crippen LogP contribution is 2.28. The summed E-state index contributed by atoms with van der Waals surface area (Å²) in [7, 11) is 1.86. The molecule has 1 N–H and O–H groups in total. The van der Waals surface area contributed by atoms with Crippen molar-refractivity contribution in [2.45, 2.75) is 19.3 Å². The fourth-order valence-electron chi connectivity index (χ4n) is 1.75. The van der Waals surface area contributed by atoms with E-state index in [2.05, 4.69) is 10.4 Å². The molecule has 0 unspecified atom stereocenters. The summed E-state index contributed by atoms with van der Waals surface area (Å²) in [4.78, 5) is 0. The Balaban J connectivity index is 2.06. The molecule has 0 bridgehead atoms. The second-order valence-corrected chi connectivity index (χ2v) is 4.27. The van der Waals surface area contributed by atoms with E-state index in [4.69, 9.17) is 0 Å². The molecule has 0 amide bonds. The van der Waals surface area contributed by atoms with Crippen LogP contribution in [-0.2, 0) is 19.3 Å². The first-order valence-electron chi connectivity index (χ1n) is 5.81. The molecule has 1 aromatic carbocycles. The van der Waals surface area contributed by atoms with Gasteiger partial charge >= 0.3 is 6.18 Å². The van der Waals surface area contributed by atoms with Crippen LogP contribution >= 0.6 is 0 Å². The monoisotopic (exact) mass is 269 g/mol. The van der Waals surface area contributed by atoms with Crippen molar-refractivity contribution in [2.24, 2.45) is 0 Å². The second kappa shape index (κ2) is 5.44. The van der Waals surface area contributed by atoms with Crippen molar-refractivity contribution in [3.8, 4) is 0 Å². The maximum Gasteiger partial charge on any atom is 0.419 e. The minimum atomic E-state index is -4.34. The third-order valence-corrected chi connectivity index (χ3v) is 2.71. The Morgan fingerprint density at radius 1 is 1.16 bits per heavy atom. The molecule has 19 heavy (non-hydrogen) atoms. The molecule has 0 fully saturated rings. The molecule has 0 aliphatic heterocycles. The Morgan fingerprint density at radius 2 is 1.79 bits per heavy atom. The van der Waals surface area contributed by atoms with Crippen LogP contribution in [0.5, 0.6) is 0 Å². The summed E-state index contributed by atoms with van der Waals surface area (Å²) in [6, 6.07) is 7.67. The van der Waals surface area contributed by atoms with Crippen LogP contribution in [-0.4, -0.2) is 16.8 Å². The summed E-state index contributed by atoms with van der Waals surface area (Å²) in [6.45, 7) is 1.09. The van der Waals surface area contributed by atoms with Crippen LogP contribution in [0.3, 0.4) is 0 Å². The van der Waals surface area contributed by atoms with Crippen LogP contribution in [0.2, 0.25) is 0 Å². The zero-order chi connectivity index (χ0) is 13.9. The second-order valence-electron chi connectivity index (χ2n) is 4.27. The number of benzene rings is 1. The first kappa shape index (κ1) is 13.6. The minimum Gasteiger partial charge on any atom is -0.316 e. The number of nitrogens with one attached hydrogen (secondary N) is 1. The number of rotatable bonds is 4. The summed E-state index contributed by atoms with van der Waals surface area (Å²) in [5, 5.41) is 6.75. The molecule has 2 aromatic rings. The summed E-state index contributed by atoms with van der Waals surface area (Å²) in [6.07, 6.45) is -2.48. The van der Waals surface area contributed by atoms with Gasteiger partial charge in [-0.25, -0.2) is 0 Å². The smallest absolute Gasteiger partial charge is 0.316 e. The Morgan fingerprint density at radius 3 is 2.32 bits per heavy atom. The van der Waals surface area contributed by atoms with Gasteiger partial charge in [0, 0.05) is 12.7 Å². The number of hydrogen-bond donors (Lipinski definition) is 1. The molecule has 1 heterocycles. The first-order chi connectivity index (χ1) is 8.99.